The minimum absolute atomic E-state index is 0.000550. The summed E-state index contributed by atoms with van der Waals surface area (Å²) >= 11 is 0. The van der Waals surface area contributed by atoms with Gasteiger partial charge in [0.05, 0.1) is 12.7 Å². The quantitative estimate of drug-likeness (QED) is 0.905. The van der Waals surface area contributed by atoms with Gasteiger partial charge in [-0.15, -0.1) is 0 Å². The highest BCUT2D eigenvalue weighted by atomic mass is 16.6. The molecule has 0 bridgehead atoms. The lowest BCUT2D eigenvalue weighted by Gasteiger charge is -2.28. The molecule has 1 aliphatic heterocycles. The molecule has 0 aliphatic carbocycles. The Labute approximate surface area is 127 Å². The Balaban J connectivity index is 2.30. The van der Waals surface area contributed by atoms with Gasteiger partial charge in [-0.05, 0) is 40.8 Å². The second kappa shape index (κ2) is 5.85. The summed E-state index contributed by atoms with van der Waals surface area (Å²) in [5.74, 6) is 1.58. The fourth-order valence-corrected chi connectivity index (χ4v) is 3.02. The Hall–Kier alpha value is -1.26. The third-order valence-electron chi connectivity index (χ3n) is 3.90. The number of methoxy groups -OCH3 is 1. The molecule has 1 fully saturated rings. The molecule has 1 aromatic carbocycles. The molecule has 4 nitrogen and oxygen atoms in total. The van der Waals surface area contributed by atoms with Gasteiger partial charge in [0.25, 0.3) is 0 Å². The van der Waals surface area contributed by atoms with Crippen molar-refractivity contribution in [1.82, 2.24) is 5.32 Å². The van der Waals surface area contributed by atoms with Gasteiger partial charge < -0.3 is 19.5 Å². The Morgan fingerprint density at radius 1 is 1.29 bits per heavy atom. The first-order valence-electron chi connectivity index (χ1n) is 7.46. The topological polar surface area (TPSA) is 39.7 Å². The zero-order valence-corrected chi connectivity index (χ0v) is 13.9. The lowest BCUT2D eigenvalue weighted by Crippen LogP contribution is -2.37. The summed E-state index contributed by atoms with van der Waals surface area (Å²) in [5.41, 5.74) is 0.609. The number of rotatable bonds is 5. The Morgan fingerprint density at radius 3 is 2.52 bits per heavy atom. The van der Waals surface area contributed by atoms with Crippen LogP contribution in [0.5, 0.6) is 11.5 Å². The van der Waals surface area contributed by atoms with Gasteiger partial charge in [-0.1, -0.05) is 12.1 Å². The van der Waals surface area contributed by atoms with Crippen LogP contribution in [0.25, 0.3) is 0 Å². The van der Waals surface area contributed by atoms with E-state index in [1.807, 2.05) is 19.2 Å². The maximum atomic E-state index is 6.34. The predicted octanol–water partition coefficient (Wildman–Crippen LogP) is 3.14. The molecule has 4 heteroatoms. The van der Waals surface area contributed by atoms with Crippen LogP contribution in [0, 0.1) is 0 Å². The predicted molar refractivity (Wildman–Crippen MR) is 84.0 cm³/mol. The van der Waals surface area contributed by atoms with E-state index in [0.29, 0.717) is 0 Å². The van der Waals surface area contributed by atoms with E-state index >= 15 is 0 Å². The summed E-state index contributed by atoms with van der Waals surface area (Å²) in [6, 6.07) is 5.98. The van der Waals surface area contributed by atoms with Crippen LogP contribution in [0.4, 0.5) is 0 Å². The van der Waals surface area contributed by atoms with E-state index in [4.69, 9.17) is 14.2 Å². The molecule has 0 radical (unpaired) electrons. The number of para-hydroxylation sites is 1. The first kappa shape index (κ1) is 16.1. The number of hydrogen-bond donors (Lipinski definition) is 1. The van der Waals surface area contributed by atoms with Crippen LogP contribution in [0.2, 0.25) is 0 Å². The van der Waals surface area contributed by atoms with Crippen molar-refractivity contribution in [2.24, 2.45) is 0 Å². The lowest BCUT2D eigenvalue weighted by atomic mass is 9.97. The summed E-state index contributed by atoms with van der Waals surface area (Å²) in [7, 11) is 3.60. The molecule has 1 aliphatic rings. The van der Waals surface area contributed by atoms with Gasteiger partial charge in [-0.2, -0.15) is 0 Å². The first-order valence-corrected chi connectivity index (χ1v) is 7.46. The van der Waals surface area contributed by atoms with Crippen LogP contribution >= 0.6 is 0 Å². The number of ether oxygens (including phenoxy) is 3. The molecular weight excluding hydrogens is 266 g/mol. The van der Waals surface area contributed by atoms with E-state index in [0.717, 1.165) is 30.0 Å². The summed E-state index contributed by atoms with van der Waals surface area (Å²) in [4.78, 5) is 0. The van der Waals surface area contributed by atoms with E-state index in [1.54, 1.807) is 7.11 Å². The molecule has 0 spiro atoms. The fraction of sp³-hybridized carbons (Fsp3) is 0.647. The summed E-state index contributed by atoms with van der Waals surface area (Å²) in [5, 5.41) is 3.17. The fourth-order valence-electron chi connectivity index (χ4n) is 3.02. The van der Waals surface area contributed by atoms with Gasteiger partial charge in [0.1, 0.15) is 11.7 Å². The second-order valence-corrected chi connectivity index (χ2v) is 6.75. The average Bonchev–Trinajstić information content (AvgIpc) is 2.59. The van der Waals surface area contributed by atoms with E-state index in [-0.39, 0.29) is 17.3 Å². The summed E-state index contributed by atoms with van der Waals surface area (Å²) in [6.07, 6.45) is 0.858. The van der Waals surface area contributed by atoms with Gasteiger partial charge >= 0.3 is 0 Å². The van der Waals surface area contributed by atoms with Crippen LogP contribution in [0.1, 0.15) is 39.7 Å². The van der Waals surface area contributed by atoms with Crippen LogP contribution in [0.15, 0.2) is 18.2 Å². The maximum absolute atomic E-state index is 6.34. The van der Waals surface area contributed by atoms with Crippen LogP contribution in [-0.2, 0) is 11.3 Å². The molecule has 118 valence electrons. The molecule has 1 atom stereocenters. The molecule has 1 unspecified atom stereocenters. The molecular formula is C17H27NO3. The Bertz CT molecular complexity index is 497. The van der Waals surface area contributed by atoms with Gasteiger partial charge in [0.2, 0.25) is 0 Å². The molecule has 1 saturated heterocycles. The largest absolute Gasteiger partial charge is 0.493 e. The molecule has 1 N–H and O–H groups in total. The minimum Gasteiger partial charge on any atom is -0.493 e. The van der Waals surface area contributed by atoms with Crippen molar-refractivity contribution in [3.63, 3.8) is 0 Å². The summed E-state index contributed by atoms with van der Waals surface area (Å²) < 4.78 is 17.9. The molecule has 1 heterocycles. The lowest BCUT2D eigenvalue weighted by molar-refractivity contribution is -0.0848. The SMILES string of the molecule is CNCc1cccc(OC)c1OC1CC(C)(C)OC1(C)C. The zero-order chi connectivity index (χ0) is 15.7. The van der Waals surface area contributed by atoms with Crippen molar-refractivity contribution in [1.29, 1.82) is 0 Å². The van der Waals surface area contributed by atoms with Gasteiger partial charge in [-0.25, -0.2) is 0 Å². The summed E-state index contributed by atoms with van der Waals surface area (Å²) in [6.45, 7) is 9.12. The monoisotopic (exact) mass is 293 g/mol. The molecule has 21 heavy (non-hydrogen) atoms. The number of nitrogens with one attached hydrogen (secondary N) is 1. The number of benzene rings is 1. The standard InChI is InChI=1S/C17H27NO3/c1-16(2)10-14(17(3,4)21-16)20-15-12(11-18-5)8-7-9-13(15)19-6/h7-9,14,18H,10-11H2,1-6H3. The first-order chi connectivity index (χ1) is 9.79. The van der Waals surface area contributed by atoms with E-state index < -0.39 is 0 Å². The molecule has 0 saturated carbocycles. The molecule has 0 aromatic heterocycles. The minimum atomic E-state index is -0.318. The van der Waals surface area contributed by atoms with Crippen molar-refractivity contribution in [2.45, 2.75) is 58.0 Å². The van der Waals surface area contributed by atoms with Gasteiger partial charge in [0.15, 0.2) is 11.5 Å². The zero-order valence-electron chi connectivity index (χ0n) is 13.9. The smallest absolute Gasteiger partial charge is 0.166 e. The highest BCUT2D eigenvalue weighted by molar-refractivity contribution is 5.47. The highest BCUT2D eigenvalue weighted by Crippen LogP contribution is 2.42. The molecule has 2 rings (SSSR count). The van der Waals surface area contributed by atoms with Gasteiger partial charge in [-0.3, -0.25) is 0 Å². The average molecular weight is 293 g/mol. The van der Waals surface area contributed by atoms with Crippen molar-refractivity contribution < 1.29 is 14.2 Å². The molecule has 1 aromatic rings. The normalized spacial score (nSPS) is 23.0. The van der Waals surface area contributed by atoms with Crippen molar-refractivity contribution in [3.05, 3.63) is 23.8 Å². The number of hydrogen-bond acceptors (Lipinski definition) is 4. The van der Waals surface area contributed by atoms with E-state index in [2.05, 4.69) is 39.1 Å². The van der Waals surface area contributed by atoms with E-state index in [1.165, 1.54) is 0 Å². The maximum Gasteiger partial charge on any atom is 0.166 e. The van der Waals surface area contributed by atoms with Crippen LogP contribution in [-0.4, -0.2) is 31.5 Å². The van der Waals surface area contributed by atoms with Crippen LogP contribution in [0.3, 0.4) is 0 Å². The molecule has 0 amide bonds. The van der Waals surface area contributed by atoms with Gasteiger partial charge in [0, 0.05) is 18.5 Å². The van der Waals surface area contributed by atoms with E-state index in [9.17, 15) is 0 Å². The highest BCUT2D eigenvalue weighted by Gasteiger charge is 2.47. The Kier molecular flexibility index (Phi) is 4.49. The third-order valence-corrected chi connectivity index (χ3v) is 3.90. The third kappa shape index (κ3) is 3.50. The second-order valence-electron chi connectivity index (χ2n) is 6.75. The van der Waals surface area contributed by atoms with Crippen LogP contribution < -0.4 is 14.8 Å². The van der Waals surface area contributed by atoms with Crippen molar-refractivity contribution in [2.75, 3.05) is 14.2 Å². The van der Waals surface area contributed by atoms with Crippen molar-refractivity contribution >= 4 is 0 Å². The Morgan fingerprint density at radius 2 is 2.00 bits per heavy atom. The van der Waals surface area contributed by atoms with Crippen molar-refractivity contribution in [3.8, 4) is 11.5 Å².